The number of amides is 2. The highest BCUT2D eigenvalue weighted by Crippen LogP contribution is 2.34. The third-order valence-corrected chi connectivity index (χ3v) is 6.61. The Hall–Kier alpha value is -3.91. The third-order valence-electron chi connectivity index (χ3n) is 6.61. The molecule has 8 heteroatoms. The third kappa shape index (κ3) is 4.44. The van der Waals surface area contributed by atoms with Crippen LogP contribution in [0, 0.1) is 0 Å². The average Bonchev–Trinajstić information content (AvgIpc) is 3.14. The minimum Gasteiger partial charge on any atom is -0.493 e. The highest BCUT2D eigenvalue weighted by molar-refractivity contribution is 6.23. The Balaban J connectivity index is 1.32. The predicted octanol–water partition coefficient (Wildman–Crippen LogP) is 3.22. The molecule has 0 spiro atoms. The number of ether oxygens (including phenoxy) is 2. The zero-order valence-electron chi connectivity index (χ0n) is 19.9. The largest absolute Gasteiger partial charge is 0.493 e. The number of hydrogen-bond donors (Lipinski definition) is 0. The van der Waals surface area contributed by atoms with E-state index in [1.807, 2.05) is 30.5 Å². The Kier molecular flexibility index (Phi) is 6.37. The molecule has 3 aromatic rings. The van der Waals surface area contributed by atoms with Crippen LogP contribution in [-0.4, -0.2) is 67.0 Å². The van der Waals surface area contributed by atoms with Crippen molar-refractivity contribution in [2.45, 2.75) is 13.1 Å². The molecule has 8 nitrogen and oxygen atoms in total. The summed E-state index contributed by atoms with van der Waals surface area (Å²) in [4.78, 5) is 36.8. The van der Waals surface area contributed by atoms with Crippen molar-refractivity contribution in [3.8, 4) is 11.5 Å². The van der Waals surface area contributed by atoms with Crippen LogP contribution in [0.25, 0.3) is 0 Å². The molecular weight excluding hydrogens is 444 g/mol. The van der Waals surface area contributed by atoms with E-state index in [0.29, 0.717) is 22.6 Å². The summed E-state index contributed by atoms with van der Waals surface area (Å²) in [5.74, 6) is 0.639. The first-order chi connectivity index (χ1) is 17.1. The van der Waals surface area contributed by atoms with Gasteiger partial charge in [0.15, 0.2) is 11.5 Å². The summed E-state index contributed by atoms with van der Waals surface area (Å²) in [6, 6.07) is 15.0. The van der Waals surface area contributed by atoms with E-state index >= 15 is 0 Å². The number of anilines is 1. The van der Waals surface area contributed by atoms with Gasteiger partial charge in [-0.1, -0.05) is 18.2 Å². The second-order valence-electron chi connectivity index (χ2n) is 8.71. The highest BCUT2D eigenvalue weighted by Gasteiger charge is 2.38. The Labute approximate surface area is 204 Å². The zero-order valence-corrected chi connectivity index (χ0v) is 19.9. The predicted molar refractivity (Wildman–Crippen MR) is 132 cm³/mol. The SMILES string of the molecule is COc1ccc(CN2C(=O)c3cccc(N4CCN(Cc5cccnc5)CC4)c3C2=O)cc1OC. The first-order valence-corrected chi connectivity index (χ1v) is 11.7. The minimum absolute atomic E-state index is 0.172. The number of imide groups is 1. The second kappa shape index (κ2) is 9.76. The van der Waals surface area contributed by atoms with Gasteiger partial charge in [-0.05, 0) is 41.5 Å². The molecule has 3 heterocycles. The molecule has 1 saturated heterocycles. The molecule has 0 aliphatic carbocycles. The average molecular weight is 473 g/mol. The van der Waals surface area contributed by atoms with Crippen LogP contribution in [0.3, 0.4) is 0 Å². The first-order valence-electron chi connectivity index (χ1n) is 11.7. The molecule has 0 unspecified atom stereocenters. The number of nitrogens with zero attached hydrogens (tertiary/aromatic N) is 4. The van der Waals surface area contributed by atoms with E-state index < -0.39 is 0 Å². The molecule has 5 rings (SSSR count). The van der Waals surface area contributed by atoms with E-state index in [9.17, 15) is 9.59 Å². The molecule has 0 N–H and O–H groups in total. The fourth-order valence-electron chi connectivity index (χ4n) is 4.78. The summed E-state index contributed by atoms with van der Waals surface area (Å²) in [6.07, 6.45) is 3.68. The number of methoxy groups -OCH3 is 2. The van der Waals surface area contributed by atoms with E-state index in [1.54, 1.807) is 38.6 Å². The molecular formula is C27H28N4O4. The van der Waals surface area contributed by atoms with Crippen LogP contribution < -0.4 is 14.4 Å². The molecule has 2 aliphatic rings. The number of carbonyl (C=O) groups is 2. The number of fused-ring (bicyclic) bond motifs is 1. The van der Waals surface area contributed by atoms with E-state index in [4.69, 9.17) is 9.47 Å². The van der Waals surface area contributed by atoms with Crippen LogP contribution in [0.1, 0.15) is 31.8 Å². The van der Waals surface area contributed by atoms with Crippen molar-refractivity contribution >= 4 is 17.5 Å². The molecule has 0 atom stereocenters. The van der Waals surface area contributed by atoms with Gasteiger partial charge in [-0.3, -0.25) is 24.4 Å². The molecule has 180 valence electrons. The maximum Gasteiger partial charge on any atom is 0.263 e. The lowest BCUT2D eigenvalue weighted by atomic mass is 10.1. The molecule has 2 amide bonds. The summed E-state index contributed by atoms with van der Waals surface area (Å²) in [5.41, 5.74) is 3.77. The van der Waals surface area contributed by atoms with Gasteiger partial charge in [-0.15, -0.1) is 0 Å². The summed E-state index contributed by atoms with van der Waals surface area (Å²) in [7, 11) is 3.13. The smallest absolute Gasteiger partial charge is 0.263 e. The monoisotopic (exact) mass is 472 g/mol. The fraction of sp³-hybridized carbons (Fsp3) is 0.296. The molecule has 2 aromatic carbocycles. The number of benzene rings is 2. The molecule has 2 aliphatic heterocycles. The molecule has 0 saturated carbocycles. The van der Waals surface area contributed by atoms with Crippen LogP contribution in [-0.2, 0) is 13.1 Å². The summed E-state index contributed by atoms with van der Waals surface area (Å²) >= 11 is 0. The van der Waals surface area contributed by atoms with E-state index in [0.717, 1.165) is 44.0 Å². The van der Waals surface area contributed by atoms with Gasteiger partial charge in [0.1, 0.15) is 0 Å². The number of aromatic nitrogens is 1. The Morgan fingerprint density at radius 1 is 0.829 bits per heavy atom. The normalized spacial score (nSPS) is 15.9. The van der Waals surface area contributed by atoms with E-state index in [-0.39, 0.29) is 18.4 Å². The maximum absolute atomic E-state index is 13.5. The van der Waals surface area contributed by atoms with Crippen LogP contribution in [0.2, 0.25) is 0 Å². The van der Waals surface area contributed by atoms with Crippen molar-refractivity contribution in [3.63, 3.8) is 0 Å². The van der Waals surface area contributed by atoms with Gasteiger partial charge in [-0.2, -0.15) is 0 Å². The fourth-order valence-corrected chi connectivity index (χ4v) is 4.78. The highest BCUT2D eigenvalue weighted by atomic mass is 16.5. The molecule has 0 radical (unpaired) electrons. The number of rotatable bonds is 7. The number of carbonyl (C=O) groups excluding carboxylic acids is 2. The van der Waals surface area contributed by atoms with Gasteiger partial charge in [0.25, 0.3) is 11.8 Å². The summed E-state index contributed by atoms with van der Waals surface area (Å²) in [6.45, 7) is 4.34. The lowest BCUT2D eigenvalue weighted by Gasteiger charge is -2.36. The van der Waals surface area contributed by atoms with Gasteiger partial charge < -0.3 is 14.4 Å². The molecule has 35 heavy (non-hydrogen) atoms. The Morgan fingerprint density at radius 2 is 1.63 bits per heavy atom. The van der Waals surface area contributed by atoms with Crippen molar-refractivity contribution in [1.29, 1.82) is 0 Å². The lowest BCUT2D eigenvalue weighted by Crippen LogP contribution is -2.46. The van der Waals surface area contributed by atoms with Crippen LogP contribution in [0.15, 0.2) is 60.9 Å². The second-order valence-corrected chi connectivity index (χ2v) is 8.71. The van der Waals surface area contributed by atoms with Crippen LogP contribution in [0.5, 0.6) is 11.5 Å². The maximum atomic E-state index is 13.5. The lowest BCUT2D eigenvalue weighted by molar-refractivity contribution is 0.0642. The number of pyridine rings is 1. The van der Waals surface area contributed by atoms with Crippen molar-refractivity contribution in [2.75, 3.05) is 45.3 Å². The summed E-state index contributed by atoms with van der Waals surface area (Å²) < 4.78 is 10.7. The Bertz CT molecular complexity index is 1240. The van der Waals surface area contributed by atoms with Crippen molar-refractivity contribution < 1.29 is 19.1 Å². The van der Waals surface area contributed by atoms with Gasteiger partial charge in [0.05, 0.1) is 37.6 Å². The van der Waals surface area contributed by atoms with Crippen LogP contribution in [0.4, 0.5) is 5.69 Å². The van der Waals surface area contributed by atoms with Crippen molar-refractivity contribution in [3.05, 3.63) is 83.2 Å². The zero-order chi connectivity index (χ0) is 24.4. The van der Waals surface area contributed by atoms with Crippen molar-refractivity contribution in [1.82, 2.24) is 14.8 Å². The van der Waals surface area contributed by atoms with Crippen LogP contribution >= 0.6 is 0 Å². The molecule has 1 fully saturated rings. The van der Waals surface area contributed by atoms with E-state index in [2.05, 4.69) is 20.9 Å². The van der Waals surface area contributed by atoms with Gasteiger partial charge in [0.2, 0.25) is 0 Å². The van der Waals surface area contributed by atoms with E-state index in [1.165, 1.54) is 10.5 Å². The quantitative estimate of drug-likeness (QED) is 0.489. The number of hydrogen-bond acceptors (Lipinski definition) is 7. The van der Waals surface area contributed by atoms with Gasteiger partial charge >= 0.3 is 0 Å². The Morgan fingerprint density at radius 3 is 2.34 bits per heavy atom. The first kappa shape index (κ1) is 22.9. The molecule has 1 aromatic heterocycles. The minimum atomic E-state index is -0.267. The van der Waals surface area contributed by atoms with Gasteiger partial charge in [-0.25, -0.2) is 0 Å². The topological polar surface area (TPSA) is 75.2 Å². The standard InChI is InChI=1S/C27H28N4O4/c1-34-23-9-8-19(15-24(23)35-2)18-31-26(32)21-6-3-7-22(25(21)27(31)33)30-13-11-29(12-14-30)17-20-5-4-10-28-16-20/h3-10,15-16H,11-14,17-18H2,1-2H3. The number of piperazine rings is 1. The molecule has 0 bridgehead atoms. The van der Waals surface area contributed by atoms with Crippen molar-refractivity contribution in [2.24, 2.45) is 0 Å². The van der Waals surface area contributed by atoms with Gasteiger partial charge in [0, 0.05) is 45.1 Å². The summed E-state index contributed by atoms with van der Waals surface area (Å²) in [5, 5.41) is 0.